The minimum Gasteiger partial charge on any atom is -0.496 e. The maximum absolute atomic E-state index is 9.44. The summed E-state index contributed by atoms with van der Waals surface area (Å²) in [4.78, 5) is 13.0. The number of anilines is 1. The van der Waals surface area contributed by atoms with E-state index in [1.165, 1.54) is 0 Å². The fourth-order valence-electron chi connectivity index (χ4n) is 3.06. The van der Waals surface area contributed by atoms with Gasteiger partial charge >= 0.3 is 0 Å². The highest BCUT2D eigenvalue weighted by molar-refractivity contribution is 6.34. The van der Waals surface area contributed by atoms with Gasteiger partial charge in [0, 0.05) is 29.9 Å². The van der Waals surface area contributed by atoms with Crippen LogP contribution in [0.1, 0.15) is 35.7 Å². The molecule has 3 aromatic rings. The number of aliphatic hydroxyl groups is 1. The average molecular weight is 400 g/mol. The van der Waals surface area contributed by atoms with Gasteiger partial charge in [0.25, 0.3) is 0 Å². The van der Waals surface area contributed by atoms with Crippen LogP contribution in [0.5, 0.6) is 5.75 Å². The molecule has 3 N–H and O–H groups in total. The number of nitrogens with zero attached hydrogens (tertiary/aromatic N) is 4. The number of rotatable bonds is 4. The van der Waals surface area contributed by atoms with E-state index in [4.69, 9.17) is 22.1 Å². The van der Waals surface area contributed by atoms with E-state index in [0.29, 0.717) is 29.6 Å². The Morgan fingerprint density at radius 1 is 1.36 bits per heavy atom. The Morgan fingerprint density at radius 2 is 2.11 bits per heavy atom. The second-order valence-corrected chi connectivity index (χ2v) is 7.00. The summed E-state index contributed by atoms with van der Waals surface area (Å²) in [6, 6.07) is 0. The molecule has 0 amide bonds. The van der Waals surface area contributed by atoms with E-state index in [2.05, 4.69) is 26.8 Å². The third-order valence-corrected chi connectivity index (χ3v) is 4.65. The van der Waals surface area contributed by atoms with E-state index >= 15 is 0 Å². The van der Waals surface area contributed by atoms with Crippen molar-refractivity contribution >= 4 is 28.6 Å². The molecule has 0 aliphatic heterocycles. The summed E-state index contributed by atoms with van der Waals surface area (Å²) in [6.45, 7) is 6.06. The molecule has 0 radical (unpaired) electrons. The van der Waals surface area contributed by atoms with Crippen molar-refractivity contribution in [3.8, 4) is 17.6 Å². The Hall–Kier alpha value is -2.82. The molecule has 146 valence electrons. The number of aryl methyl sites for hydroxylation is 1. The first-order valence-corrected chi connectivity index (χ1v) is 9.17. The molecule has 28 heavy (non-hydrogen) atoms. The molecule has 0 aliphatic rings. The Labute approximate surface area is 168 Å². The third-order valence-electron chi connectivity index (χ3n) is 4.38. The number of hydrogen-bond donors (Lipinski definition) is 2. The third kappa shape index (κ3) is 3.88. The Bertz CT molecular complexity index is 1100. The lowest BCUT2D eigenvalue weighted by molar-refractivity contribution is 0.201. The van der Waals surface area contributed by atoms with Gasteiger partial charge in [-0.05, 0) is 20.8 Å². The largest absolute Gasteiger partial charge is 0.496 e. The number of halogens is 1. The monoisotopic (exact) mass is 399 g/mol. The first-order valence-electron chi connectivity index (χ1n) is 8.79. The summed E-state index contributed by atoms with van der Waals surface area (Å²) in [6.07, 6.45) is 3.49. The molecule has 0 aliphatic carbocycles. The predicted octanol–water partition coefficient (Wildman–Crippen LogP) is 2.86. The number of aliphatic hydroxyl groups excluding tert-OH is 1. The van der Waals surface area contributed by atoms with Crippen molar-refractivity contribution in [3.63, 3.8) is 0 Å². The number of ether oxygens (including phenoxy) is 1. The van der Waals surface area contributed by atoms with Crippen molar-refractivity contribution in [2.24, 2.45) is 0 Å². The van der Waals surface area contributed by atoms with E-state index in [1.807, 2.05) is 24.6 Å². The van der Waals surface area contributed by atoms with Crippen LogP contribution < -0.4 is 10.5 Å². The number of fused-ring (bicyclic) bond motifs is 1. The van der Waals surface area contributed by atoms with E-state index in [-0.39, 0.29) is 11.1 Å². The summed E-state index contributed by atoms with van der Waals surface area (Å²) >= 11 is 6.33. The summed E-state index contributed by atoms with van der Waals surface area (Å²) in [5, 5.41) is 10.3. The molecule has 3 heterocycles. The van der Waals surface area contributed by atoms with Crippen molar-refractivity contribution < 1.29 is 9.84 Å². The normalized spacial score (nSPS) is 11.9. The van der Waals surface area contributed by atoms with Crippen LogP contribution in [-0.4, -0.2) is 37.8 Å². The highest BCUT2D eigenvalue weighted by Gasteiger charge is 2.17. The number of nitrogen functional groups attached to an aromatic ring is 1. The number of aromatic nitrogens is 4. The summed E-state index contributed by atoms with van der Waals surface area (Å²) < 4.78 is 7.40. The van der Waals surface area contributed by atoms with E-state index < -0.39 is 6.10 Å². The van der Waals surface area contributed by atoms with Gasteiger partial charge in [0.2, 0.25) is 5.95 Å². The van der Waals surface area contributed by atoms with Crippen molar-refractivity contribution in [2.45, 2.75) is 39.8 Å². The first-order chi connectivity index (χ1) is 13.3. The van der Waals surface area contributed by atoms with Crippen molar-refractivity contribution in [2.75, 3.05) is 12.8 Å². The number of pyridine rings is 1. The second-order valence-electron chi connectivity index (χ2n) is 6.64. The zero-order valence-corrected chi connectivity index (χ0v) is 17.0. The standard InChI is InChI=1S/C20H22ClN5O2/c1-11-8-23-15(13(3)17(11)28-4)10-26-9-14(7-5-6-12(2)27)16-18(21)24-20(22)25-19(16)26/h8-9,12,27H,6,10H2,1-4H3,(H2,22,24,25). The maximum Gasteiger partial charge on any atom is 0.223 e. The van der Waals surface area contributed by atoms with Crippen LogP contribution in [0.15, 0.2) is 12.4 Å². The average Bonchev–Trinajstić information content (AvgIpc) is 2.95. The number of hydrogen-bond acceptors (Lipinski definition) is 6. The van der Waals surface area contributed by atoms with E-state index in [1.54, 1.807) is 20.2 Å². The van der Waals surface area contributed by atoms with Gasteiger partial charge in [0.1, 0.15) is 16.5 Å². The highest BCUT2D eigenvalue weighted by atomic mass is 35.5. The molecular weight excluding hydrogens is 378 g/mol. The smallest absolute Gasteiger partial charge is 0.223 e. The summed E-state index contributed by atoms with van der Waals surface area (Å²) in [7, 11) is 1.65. The van der Waals surface area contributed by atoms with Crippen LogP contribution in [-0.2, 0) is 6.54 Å². The first kappa shape index (κ1) is 19.9. The van der Waals surface area contributed by atoms with Gasteiger partial charge in [-0.15, -0.1) is 0 Å². The molecule has 0 spiro atoms. The quantitative estimate of drug-likeness (QED) is 0.517. The lowest BCUT2D eigenvalue weighted by Gasteiger charge is -2.13. The lowest BCUT2D eigenvalue weighted by atomic mass is 10.1. The minimum atomic E-state index is -0.505. The van der Waals surface area contributed by atoms with Crippen LogP contribution in [0, 0.1) is 25.7 Å². The van der Waals surface area contributed by atoms with Crippen molar-refractivity contribution in [1.29, 1.82) is 0 Å². The molecule has 1 atom stereocenters. The molecule has 7 nitrogen and oxygen atoms in total. The molecule has 3 rings (SSSR count). The molecule has 0 fully saturated rings. The van der Waals surface area contributed by atoms with E-state index in [0.717, 1.165) is 22.6 Å². The van der Waals surface area contributed by atoms with Crippen molar-refractivity contribution in [1.82, 2.24) is 19.5 Å². The molecule has 0 aromatic carbocycles. The Morgan fingerprint density at radius 3 is 2.79 bits per heavy atom. The second kappa shape index (κ2) is 8.05. The fourth-order valence-corrected chi connectivity index (χ4v) is 3.33. The van der Waals surface area contributed by atoms with Gasteiger partial charge in [0.05, 0.1) is 36.4 Å². The molecule has 0 saturated carbocycles. The lowest BCUT2D eigenvalue weighted by Crippen LogP contribution is -2.07. The molecule has 3 aromatic heterocycles. The molecule has 0 bridgehead atoms. The topological polar surface area (TPSA) is 99.1 Å². The van der Waals surface area contributed by atoms with E-state index in [9.17, 15) is 5.11 Å². The summed E-state index contributed by atoms with van der Waals surface area (Å²) in [5.41, 5.74) is 9.84. The van der Waals surface area contributed by atoms with Gasteiger partial charge in [0.15, 0.2) is 0 Å². The Kier molecular flexibility index (Phi) is 5.73. The number of nitrogens with two attached hydrogens (primary N) is 1. The molecule has 1 unspecified atom stereocenters. The predicted molar refractivity (Wildman–Crippen MR) is 109 cm³/mol. The molecule has 0 saturated heterocycles. The van der Waals surface area contributed by atoms with Crippen LogP contribution >= 0.6 is 11.6 Å². The van der Waals surface area contributed by atoms with Crippen LogP contribution in [0.4, 0.5) is 5.95 Å². The molecular formula is C20H22ClN5O2. The van der Waals surface area contributed by atoms with Gasteiger partial charge < -0.3 is 20.1 Å². The Balaban J connectivity index is 2.12. The van der Waals surface area contributed by atoms with Crippen molar-refractivity contribution in [3.05, 3.63) is 39.9 Å². The van der Waals surface area contributed by atoms with Gasteiger partial charge in [-0.2, -0.15) is 4.98 Å². The van der Waals surface area contributed by atoms with Crippen LogP contribution in [0.3, 0.4) is 0 Å². The molecule has 8 heteroatoms. The summed E-state index contributed by atoms with van der Waals surface area (Å²) in [5.74, 6) is 6.91. The van der Waals surface area contributed by atoms with Gasteiger partial charge in [-0.25, -0.2) is 4.98 Å². The number of methoxy groups -OCH3 is 1. The zero-order valence-electron chi connectivity index (χ0n) is 16.2. The minimum absolute atomic E-state index is 0.0894. The zero-order chi connectivity index (χ0) is 20.4. The van der Waals surface area contributed by atoms with Gasteiger partial charge in [-0.3, -0.25) is 4.98 Å². The van der Waals surface area contributed by atoms with Crippen LogP contribution in [0.2, 0.25) is 5.15 Å². The SMILES string of the molecule is COc1c(C)cnc(Cn2cc(C#CCC(C)O)c3c(Cl)nc(N)nc32)c1C. The maximum atomic E-state index is 9.44. The fraction of sp³-hybridized carbons (Fsp3) is 0.350. The van der Waals surface area contributed by atoms with Gasteiger partial charge in [-0.1, -0.05) is 23.4 Å². The highest BCUT2D eigenvalue weighted by Crippen LogP contribution is 2.29. The van der Waals surface area contributed by atoms with Crippen LogP contribution in [0.25, 0.3) is 11.0 Å².